The molecular formula is C30H33N3O6. The van der Waals surface area contributed by atoms with Gasteiger partial charge in [0, 0.05) is 25.3 Å². The first kappa shape index (κ1) is 27.7. The highest BCUT2D eigenvalue weighted by molar-refractivity contribution is 5.95. The maximum absolute atomic E-state index is 13.0. The molecule has 0 radical (unpaired) electrons. The molecule has 204 valence electrons. The molecule has 9 nitrogen and oxygen atoms in total. The number of carbonyl (C=O) groups is 1. The summed E-state index contributed by atoms with van der Waals surface area (Å²) in [6.45, 7) is 8.81. The number of nitrogens with one attached hydrogen (secondary N) is 1. The highest BCUT2D eigenvalue weighted by Crippen LogP contribution is 2.26. The standard InChI is InChI=1S/C30H33N3O6/c1-4-32(15-16-37-5-2)28(34)25-11-14-27(21(3)17-25)24-8-6-7-23(18-24)20-38-26-12-9-22(10-13-26)19-33-29(35)31-30(36)39-33/h6-14,17-18H,4-5,15-16,19-20H2,1-3H3,(H,31,35,36). The zero-order valence-electron chi connectivity index (χ0n) is 22.4. The fourth-order valence-electron chi connectivity index (χ4n) is 4.30. The van der Waals surface area contributed by atoms with Gasteiger partial charge in [0.25, 0.3) is 5.91 Å². The van der Waals surface area contributed by atoms with Gasteiger partial charge in [-0.05, 0) is 78.9 Å². The van der Waals surface area contributed by atoms with Crippen molar-refractivity contribution in [1.29, 1.82) is 0 Å². The first-order chi connectivity index (χ1) is 18.9. The lowest BCUT2D eigenvalue weighted by Crippen LogP contribution is -2.33. The lowest BCUT2D eigenvalue weighted by Gasteiger charge is -2.21. The van der Waals surface area contributed by atoms with Gasteiger partial charge in [-0.3, -0.25) is 4.79 Å². The lowest BCUT2D eigenvalue weighted by molar-refractivity contribution is 0.0669. The molecule has 0 atom stereocenters. The Morgan fingerprint density at radius 2 is 1.79 bits per heavy atom. The summed E-state index contributed by atoms with van der Waals surface area (Å²) in [7, 11) is 0. The molecule has 0 aliphatic heterocycles. The van der Waals surface area contributed by atoms with Crippen LogP contribution in [0.25, 0.3) is 11.1 Å². The Morgan fingerprint density at radius 3 is 2.46 bits per heavy atom. The Kier molecular flexibility index (Phi) is 9.17. The number of aromatic nitrogens is 2. The van der Waals surface area contributed by atoms with Gasteiger partial charge in [-0.1, -0.05) is 36.4 Å². The van der Waals surface area contributed by atoms with E-state index in [2.05, 4.69) is 11.1 Å². The molecule has 1 heterocycles. The van der Waals surface area contributed by atoms with Crippen molar-refractivity contribution in [3.05, 3.63) is 110 Å². The Bertz CT molecular complexity index is 1520. The number of aryl methyl sites for hydroxylation is 1. The van der Waals surface area contributed by atoms with Crippen LogP contribution in [0.5, 0.6) is 5.75 Å². The van der Waals surface area contributed by atoms with Crippen molar-refractivity contribution in [2.24, 2.45) is 0 Å². The second-order valence-corrected chi connectivity index (χ2v) is 9.09. The molecule has 0 saturated heterocycles. The SMILES string of the molecule is CCOCCN(CC)C(=O)c1ccc(-c2cccc(COc3ccc(Cn4oc(=O)[nH]c4=O)cc3)c2)c(C)c1. The molecule has 0 aliphatic rings. The van der Waals surface area contributed by atoms with Crippen molar-refractivity contribution in [1.82, 2.24) is 14.6 Å². The molecule has 0 aliphatic carbocycles. The number of benzene rings is 3. The summed E-state index contributed by atoms with van der Waals surface area (Å²) >= 11 is 0. The third-order valence-corrected chi connectivity index (χ3v) is 6.37. The van der Waals surface area contributed by atoms with E-state index in [4.69, 9.17) is 14.0 Å². The summed E-state index contributed by atoms with van der Waals surface area (Å²) in [5.74, 6) is -0.0982. The first-order valence-electron chi connectivity index (χ1n) is 13.0. The van der Waals surface area contributed by atoms with E-state index in [0.29, 0.717) is 44.2 Å². The number of aromatic amines is 1. The second-order valence-electron chi connectivity index (χ2n) is 9.09. The van der Waals surface area contributed by atoms with Crippen LogP contribution in [0.15, 0.2) is 80.8 Å². The van der Waals surface area contributed by atoms with Gasteiger partial charge in [0.05, 0.1) is 13.2 Å². The first-order valence-corrected chi connectivity index (χ1v) is 13.0. The van der Waals surface area contributed by atoms with Crippen molar-refractivity contribution in [3.8, 4) is 16.9 Å². The highest BCUT2D eigenvalue weighted by Gasteiger charge is 2.15. The zero-order chi connectivity index (χ0) is 27.8. The largest absolute Gasteiger partial charge is 0.489 e. The summed E-state index contributed by atoms with van der Waals surface area (Å²) in [5, 5.41) is 0. The molecule has 0 bridgehead atoms. The van der Waals surface area contributed by atoms with Crippen LogP contribution < -0.4 is 16.2 Å². The fourth-order valence-corrected chi connectivity index (χ4v) is 4.30. The average Bonchev–Trinajstić information content (AvgIpc) is 3.26. The second kappa shape index (κ2) is 12.9. The lowest BCUT2D eigenvalue weighted by atomic mass is 9.97. The van der Waals surface area contributed by atoms with Crippen LogP contribution in [0.4, 0.5) is 0 Å². The minimum absolute atomic E-state index is 0.00438. The van der Waals surface area contributed by atoms with Crippen LogP contribution in [0.2, 0.25) is 0 Å². The fraction of sp³-hybridized carbons (Fsp3) is 0.300. The quantitative estimate of drug-likeness (QED) is 0.274. The van der Waals surface area contributed by atoms with Crippen LogP contribution in [-0.4, -0.2) is 46.8 Å². The number of hydrogen-bond acceptors (Lipinski definition) is 6. The molecule has 9 heteroatoms. The molecular weight excluding hydrogens is 498 g/mol. The van der Waals surface area contributed by atoms with Crippen molar-refractivity contribution < 1.29 is 18.8 Å². The van der Waals surface area contributed by atoms with E-state index in [0.717, 1.165) is 32.6 Å². The van der Waals surface area contributed by atoms with Gasteiger partial charge < -0.3 is 18.9 Å². The number of rotatable bonds is 12. The summed E-state index contributed by atoms with van der Waals surface area (Å²) < 4.78 is 17.2. The van der Waals surface area contributed by atoms with Gasteiger partial charge in [0.2, 0.25) is 0 Å². The molecule has 4 rings (SSSR count). The van der Waals surface area contributed by atoms with Crippen molar-refractivity contribution in [3.63, 3.8) is 0 Å². The van der Waals surface area contributed by atoms with Gasteiger partial charge in [0.1, 0.15) is 12.4 Å². The number of hydrogen-bond donors (Lipinski definition) is 1. The number of H-pyrrole nitrogens is 1. The van der Waals surface area contributed by atoms with Crippen LogP contribution in [0.1, 0.15) is 40.9 Å². The summed E-state index contributed by atoms with van der Waals surface area (Å²) in [4.78, 5) is 39.6. The molecule has 4 aromatic rings. The third-order valence-electron chi connectivity index (χ3n) is 6.37. The summed E-state index contributed by atoms with van der Waals surface area (Å²) in [5.41, 5.74) is 5.01. The van der Waals surface area contributed by atoms with Gasteiger partial charge in [-0.15, -0.1) is 4.74 Å². The molecule has 0 spiro atoms. The highest BCUT2D eigenvalue weighted by atomic mass is 16.5. The maximum atomic E-state index is 13.0. The number of ether oxygens (including phenoxy) is 2. The molecule has 39 heavy (non-hydrogen) atoms. The smallest absolute Gasteiger partial charge is 0.440 e. The van der Waals surface area contributed by atoms with Crippen LogP contribution in [-0.2, 0) is 17.9 Å². The molecule has 0 unspecified atom stereocenters. The van der Waals surface area contributed by atoms with Crippen molar-refractivity contribution in [2.75, 3.05) is 26.3 Å². The summed E-state index contributed by atoms with van der Waals surface area (Å²) in [6.07, 6.45) is 0. The van der Waals surface area contributed by atoms with Crippen molar-refractivity contribution >= 4 is 5.91 Å². The zero-order valence-corrected chi connectivity index (χ0v) is 22.4. The third kappa shape index (κ3) is 7.14. The molecule has 0 fully saturated rings. The molecule has 1 N–H and O–H groups in total. The number of carbonyl (C=O) groups excluding carboxylic acids is 1. The summed E-state index contributed by atoms with van der Waals surface area (Å²) in [6, 6.07) is 21.2. The van der Waals surface area contributed by atoms with E-state index in [-0.39, 0.29) is 12.5 Å². The normalized spacial score (nSPS) is 10.9. The average molecular weight is 532 g/mol. The van der Waals surface area contributed by atoms with Gasteiger partial charge >= 0.3 is 11.4 Å². The minimum Gasteiger partial charge on any atom is -0.489 e. The van der Waals surface area contributed by atoms with Gasteiger partial charge in [-0.2, -0.15) is 0 Å². The monoisotopic (exact) mass is 531 g/mol. The molecule has 0 saturated carbocycles. The minimum atomic E-state index is -0.779. The number of amides is 1. The van der Waals surface area contributed by atoms with E-state index in [1.165, 1.54) is 0 Å². The molecule has 1 amide bonds. The van der Waals surface area contributed by atoms with Crippen molar-refractivity contribution in [2.45, 2.75) is 33.9 Å². The molecule has 1 aromatic heterocycles. The van der Waals surface area contributed by atoms with E-state index >= 15 is 0 Å². The van der Waals surface area contributed by atoms with E-state index in [9.17, 15) is 14.4 Å². The Morgan fingerprint density at radius 1 is 1.00 bits per heavy atom. The maximum Gasteiger partial charge on any atom is 0.440 e. The molecule has 3 aromatic carbocycles. The van der Waals surface area contributed by atoms with Crippen LogP contribution in [0.3, 0.4) is 0 Å². The number of nitrogens with zero attached hydrogens (tertiary/aromatic N) is 2. The Balaban J connectivity index is 1.40. The van der Waals surface area contributed by atoms with E-state index in [1.54, 1.807) is 4.90 Å². The Labute approximate surface area is 226 Å². The van der Waals surface area contributed by atoms with Gasteiger partial charge in [0.15, 0.2) is 0 Å². The van der Waals surface area contributed by atoms with Crippen LogP contribution >= 0.6 is 0 Å². The Hall–Kier alpha value is -4.37. The van der Waals surface area contributed by atoms with E-state index in [1.807, 2.05) is 81.4 Å². The topological polar surface area (TPSA) is 107 Å². The predicted octanol–water partition coefficient (Wildman–Crippen LogP) is 4.23. The number of likely N-dealkylation sites (N-methyl/N-ethyl adjacent to an activating group) is 1. The van der Waals surface area contributed by atoms with Crippen LogP contribution in [0, 0.1) is 6.92 Å². The van der Waals surface area contributed by atoms with E-state index < -0.39 is 11.4 Å². The predicted molar refractivity (Wildman–Crippen MR) is 148 cm³/mol. The van der Waals surface area contributed by atoms with Gasteiger partial charge in [-0.25, -0.2) is 14.6 Å².